The average molecular weight is 569 g/mol. The van der Waals surface area contributed by atoms with Crippen molar-refractivity contribution in [3.8, 4) is 0 Å². The molecular weight excluding hydrogens is 536 g/mol. The molecule has 212 valence electrons. The summed E-state index contributed by atoms with van der Waals surface area (Å²) < 4.78 is 18.6. The maximum absolute atomic E-state index is 12.1. The Balaban J connectivity index is 0.000000225. The van der Waals surface area contributed by atoms with Crippen molar-refractivity contribution in [3.63, 3.8) is 0 Å². The zero-order valence-corrected chi connectivity index (χ0v) is 24.0. The topological polar surface area (TPSA) is 106 Å². The molecule has 4 rings (SSSR count). The molecule has 0 atom stereocenters. The van der Waals surface area contributed by atoms with Crippen molar-refractivity contribution in [2.24, 2.45) is 0 Å². The number of rotatable bonds is 8. The van der Waals surface area contributed by atoms with Gasteiger partial charge < -0.3 is 23.3 Å². The van der Waals surface area contributed by atoms with E-state index in [-0.39, 0.29) is 32.3 Å². The summed E-state index contributed by atoms with van der Waals surface area (Å²) in [5.74, 6) is -1.28. The number of para-hydroxylation sites is 2. The van der Waals surface area contributed by atoms with Crippen molar-refractivity contribution in [3.05, 3.63) is 72.1 Å². The Morgan fingerprint density at radius 1 is 0.725 bits per heavy atom. The fourth-order valence-electron chi connectivity index (χ4n) is 4.14. The van der Waals surface area contributed by atoms with Gasteiger partial charge in [0.25, 0.3) is 0 Å². The van der Waals surface area contributed by atoms with E-state index >= 15 is 0 Å². The van der Waals surface area contributed by atoms with Crippen molar-refractivity contribution in [1.82, 2.24) is 9.13 Å². The highest BCUT2D eigenvalue weighted by Gasteiger charge is 2.22. The maximum Gasteiger partial charge on any atom is 0.354 e. The summed E-state index contributed by atoms with van der Waals surface area (Å²) in [6.07, 6.45) is 0. The highest BCUT2D eigenvalue weighted by Crippen LogP contribution is 2.22. The van der Waals surface area contributed by atoms with Gasteiger partial charge in [0.1, 0.15) is 23.5 Å². The van der Waals surface area contributed by atoms with Crippen molar-refractivity contribution < 1.29 is 33.4 Å². The molecule has 0 radical (unpaired) electrons. The minimum Gasteiger partial charge on any atom is -0.461 e. The van der Waals surface area contributed by atoms with Crippen LogP contribution in [0.4, 0.5) is 0 Å². The second-order valence-electron chi connectivity index (χ2n) is 9.73. The quantitative estimate of drug-likeness (QED) is 0.151. The first-order valence-electron chi connectivity index (χ1n) is 12.9. The predicted octanol–water partition coefficient (Wildman–Crippen LogP) is 5.74. The van der Waals surface area contributed by atoms with E-state index in [2.05, 4.69) is 0 Å². The zero-order valence-electron chi connectivity index (χ0n) is 23.2. The predicted molar refractivity (Wildman–Crippen MR) is 152 cm³/mol. The first kappa shape index (κ1) is 30.4. The third-order valence-corrected chi connectivity index (χ3v) is 5.70. The summed E-state index contributed by atoms with van der Waals surface area (Å²) in [4.78, 5) is 47.1. The molecular formula is C30H33ClN2O7. The maximum atomic E-state index is 12.1. The van der Waals surface area contributed by atoms with Crippen LogP contribution in [0.25, 0.3) is 21.8 Å². The number of nitrogens with zero attached hydrogens (tertiary/aromatic N) is 2. The summed E-state index contributed by atoms with van der Waals surface area (Å²) in [6, 6.07) is 18.3. The van der Waals surface area contributed by atoms with Crippen molar-refractivity contribution in [2.75, 3.05) is 13.2 Å². The van der Waals surface area contributed by atoms with Gasteiger partial charge in [0, 0.05) is 21.8 Å². The monoisotopic (exact) mass is 568 g/mol. The van der Waals surface area contributed by atoms with Crippen LogP contribution in [0.15, 0.2) is 60.7 Å². The number of benzene rings is 2. The van der Waals surface area contributed by atoms with Crippen molar-refractivity contribution >= 4 is 56.6 Å². The fourth-order valence-corrected chi connectivity index (χ4v) is 4.26. The molecule has 0 fully saturated rings. The van der Waals surface area contributed by atoms with Crippen LogP contribution in [-0.4, -0.2) is 51.1 Å². The molecule has 10 heteroatoms. The van der Waals surface area contributed by atoms with E-state index in [1.54, 1.807) is 35.1 Å². The summed E-state index contributed by atoms with van der Waals surface area (Å²) >= 11 is 5.41. The fraction of sp³-hybridized carbons (Fsp3) is 0.333. The first-order chi connectivity index (χ1) is 18.9. The molecule has 0 N–H and O–H groups in total. The van der Waals surface area contributed by atoms with Gasteiger partial charge in [-0.1, -0.05) is 36.4 Å². The normalized spacial score (nSPS) is 11.1. The van der Waals surface area contributed by atoms with Crippen LogP contribution in [0.3, 0.4) is 0 Å². The Morgan fingerprint density at radius 3 is 1.55 bits per heavy atom. The molecule has 0 saturated heterocycles. The van der Waals surface area contributed by atoms with Crippen molar-refractivity contribution in [1.29, 1.82) is 0 Å². The Morgan fingerprint density at radius 2 is 1.15 bits per heavy atom. The van der Waals surface area contributed by atoms with Gasteiger partial charge >= 0.3 is 17.9 Å². The number of hydrogen-bond donors (Lipinski definition) is 0. The number of fused-ring (bicyclic) bond motifs is 2. The van der Waals surface area contributed by atoms with Crippen LogP contribution in [0.1, 0.15) is 55.6 Å². The summed E-state index contributed by atoms with van der Waals surface area (Å²) in [6.45, 7) is 9.40. The van der Waals surface area contributed by atoms with E-state index in [0.717, 1.165) is 21.8 Å². The Labute approximate surface area is 237 Å². The lowest BCUT2D eigenvalue weighted by atomic mass is 10.2. The van der Waals surface area contributed by atoms with Gasteiger partial charge in [0.05, 0.1) is 19.8 Å². The third kappa shape index (κ3) is 7.72. The van der Waals surface area contributed by atoms with Gasteiger partial charge in [0.15, 0.2) is 0 Å². The Hall–Kier alpha value is -4.11. The zero-order chi connectivity index (χ0) is 29.4. The van der Waals surface area contributed by atoms with Gasteiger partial charge in [-0.05, 0) is 70.5 Å². The smallest absolute Gasteiger partial charge is 0.354 e. The first-order valence-corrected chi connectivity index (χ1v) is 13.2. The van der Waals surface area contributed by atoms with Gasteiger partial charge in [-0.2, -0.15) is 0 Å². The largest absolute Gasteiger partial charge is 0.461 e. The minimum absolute atomic E-state index is 0.0288. The number of carbonyl (C=O) groups is 4. The van der Waals surface area contributed by atoms with Gasteiger partial charge in [0.2, 0.25) is 5.24 Å². The molecule has 2 aromatic heterocycles. The minimum atomic E-state index is -0.565. The van der Waals surface area contributed by atoms with Gasteiger partial charge in [-0.25, -0.2) is 9.59 Å². The lowest BCUT2D eigenvalue weighted by Gasteiger charge is -2.20. The summed E-state index contributed by atoms with van der Waals surface area (Å²) in [7, 11) is 0. The van der Waals surface area contributed by atoms with Crippen molar-refractivity contribution in [2.45, 2.75) is 53.3 Å². The molecule has 0 aliphatic carbocycles. The molecule has 0 aliphatic heterocycles. The van der Waals surface area contributed by atoms with E-state index in [4.69, 9.17) is 25.8 Å². The van der Waals surface area contributed by atoms with E-state index in [0.29, 0.717) is 11.4 Å². The number of carbonyl (C=O) groups excluding carboxylic acids is 4. The molecule has 0 saturated carbocycles. The van der Waals surface area contributed by atoms with E-state index in [1.807, 2.05) is 69.3 Å². The molecule has 40 heavy (non-hydrogen) atoms. The summed E-state index contributed by atoms with van der Waals surface area (Å²) in [5, 5.41) is 1.23. The highest BCUT2D eigenvalue weighted by atomic mass is 35.5. The Kier molecular flexibility index (Phi) is 10.1. The summed E-state index contributed by atoms with van der Waals surface area (Å²) in [5.41, 5.74) is 1.72. The number of hydrogen-bond acceptors (Lipinski definition) is 7. The molecule has 9 nitrogen and oxygen atoms in total. The second-order valence-corrected chi connectivity index (χ2v) is 10.2. The van der Waals surface area contributed by atoms with E-state index in [1.165, 1.54) is 0 Å². The average Bonchev–Trinajstić information content (AvgIpc) is 3.42. The molecule has 2 aromatic carbocycles. The molecule has 0 amide bonds. The van der Waals surface area contributed by atoms with Crippen LogP contribution < -0.4 is 0 Å². The van der Waals surface area contributed by atoms with Crippen LogP contribution in [0, 0.1) is 0 Å². The number of aromatic nitrogens is 2. The molecule has 0 aliphatic rings. The van der Waals surface area contributed by atoms with Crippen LogP contribution in [0.2, 0.25) is 0 Å². The van der Waals surface area contributed by atoms with Gasteiger partial charge in [-0.3, -0.25) is 9.59 Å². The Bertz CT molecular complexity index is 1530. The number of esters is 3. The molecule has 0 spiro atoms. The lowest BCUT2D eigenvalue weighted by Crippen LogP contribution is -2.27. The lowest BCUT2D eigenvalue weighted by molar-refractivity contribution is -0.155. The van der Waals surface area contributed by atoms with Crippen LogP contribution >= 0.6 is 11.6 Å². The number of halogens is 1. The molecule has 0 unspecified atom stereocenters. The second kappa shape index (κ2) is 13.3. The van der Waals surface area contributed by atoms with Crippen LogP contribution in [-0.2, 0) is 36.9 Å². The van der Waals surface area contributed by atoms with E-state index in [9.17, 15) is 19.2 Å². The molecule has 0 bridgehead atoms. The van der Waals surface area contributed by atoms with Gasteiger partial charge in [-0.15, -0.1) is 0 Å². The number of ether oxygens (including phenoxy) is 3. The standard InChI is InChI=1S/C17H21NO4.C13H12ClNO3/c1-5-21-16(20)14-10-12-8-6-7-9-13(12)18(14)11-15(19)22-17(2,3)4;1-2-18-13(17)11-7-9-5-3-4-6-10(9)15(11)8-12(14)16/h6-10H,5,11H2,1-4H3;3-7H,2,8H2,1H3. The highest BCUT2D eigenvalue weighted by molar-refractivity contribution is 6.63. The SMILES string of the molecule is CCOC(=O)c1cc2ccccc2n1CC(=O)Cl.CCOC(=O)c1cc2ccccc2n1CC(=O)OC(C)(C)C. The molecule has 4 aromatic rings. The van der Waals surface area contributed by atoms with E-state index < -0.39 is 22.8 Å². The molecule has 2 heterocycles. The third-order valence-electron chi connectivity index (χ3n) is 5.58. The van der Waals surface area contributed by atoms with Crippen LogP contribution in [0.5, 0.6) is 0 Å².